The summed E-state index contributed by atoms with van der Waals surface area (Å²) < 4.78 is 6.55. The minimum absolute atomic E-state index is 0.621. The Labute approximate surface area is 328 Å². The highest BCUT2D eigenvalue weighted by atomic mass is 16.3. The summed E-state index contributed by atoms with van der Waals surface area (Å²) in [7, 11) is 0. The van der Waals surface area contributed by atoms with Crippen molar-refractivity contribution in [3.63, 3.8) is 0 Å². The zero-order valence-electron chi connectivity index (χ0n) is 30.7. The molecule has 11 aromatic rings. The first-order valence-electron chi connectivity index (χ1n) is 19.0. The molecule has 0 aliphatic heterocycles. The highest BCUT2D eigenvalue weighted by Crippen LogP contribution is 2.41. The second-order valence-electron chi connectivity index (χ2n) is 14.3. The molecule has 0 unspecified atom stereocenters. The SMILES string of the molecule is c1ccc(-c2cccc(-c3nc(-c4ccccc4)nc(-c4ccc(-c5ccc(-c6nc7cc8ccccc8cc7c7c6oc6ccccc67)cc5)cc4)n3)c2)cc1. The second-order valence-corrected chi connectivity index (χ2v) is 14.3. The second kappa shape index (κ2) is 13.5. The Morgan fingerprint density at radius 2 is 0.807 bits per heavy atom. The molecule has 0 aliphatic carbocycles. The first-order valence-corrected chi connectivity index (χ1v) is 19.0. The molecule has 0 radical (unpaired) electrons. The van der Waals surface area contributed by atoms with E-state index in [-0.39, 0.29) is 0 Å². The van der Waals surface area contributed by atoms with Crippen LogP contribution in [-0.4, -0.2) is 19.9 Å². The predicted octanol–water partition coefficient (Wildman–Crippen LogP) is 13.5. The van der Waals surface area contributed by atoms with Crippen LogP contribution in [0.4, 0.5) is 0 Å². The molecular weight excluding hydrogens is 697 g/mol. The molecule has 266 valence electrons. The van der Waals surface area contributed by atoms with Gasteiger partial charge in [-0.15, -0.1) is 0 Å². The summed E-state index contributed by atoms with van der Waals surface area (Å²) in [5.74, 6) is 1.88. The number of hydrogen-bond acceptors (Lipinski definition) is 5. The van der Waals surface area contributed by atoms with Crippen molar-refractivity contribution in [1.29, 1.82) is 0 Å². The Bertz CT molecular complexity index is 3270. The summed E-state index contributed by atoms with van der Waals surface area (Å²) in [5.41, 5.74) is 11.7. The lowest BCUT2D eigenvalue weighted by Crippen LogP contribution is -2.00. The quantitative estimate of drug-likeness (QED) is 0.160. The zero-order valence-corrected chi connectivity index (χ0v) is 30.7. The molecule has 0 amide bonds. The lowest BCUT2D eigenvalue weighted by molar-refractivity contribution is 0.669. The summed E-state index contributed by atoms with van der Waals surface area (Å²) in [4.78, 5) is 20.2. The van der Waals surface area contributed by atoms with Gasteiger partial charge in [0, 0.05) is 38.4 Å². The summed E-state index contributed by atoms with van der Waals surface area (Å²) >= 11 is 0. The molecule has 57 heavy (non-hydrogen) atoms. The number of benzene rings is 8. The van der Waals surface area contributed by atoms with Crippen LogP contribution in [0, 0.1) is 0 Å². The van der Waals surface area contributed by atoms with Crippen LogP contribution in [0.15, 0.2) is 199 Å². The molecular formula is C52H32N4O. The number of nitrogens with zero attached hydrogens (tertiary/aromatic N) is 4. The zero-order chi connectivity index (χ0) is 37.7. The fraction of sp³-hybridized carbons (Fsp3) is 0. The third kappa shape index (κ3) is 5.90. The van der Waals surface area contributed by atoms with E-state index in [0.29, 0.717) is 17.5 Å². The average Bonchev–Trinajstić information content (AvgIpc) is 3.69. The molecule has 0 spiro atoms. The Morgan fingerprint density at radius 1 is 0.316 bits per heavy atom. The first-order chi connectivity index (χ1) is 28.2. The van der Waals surface area contributed by atoms with Gasteiger partial charge >= 0.3 is 0 Å². The first kappa shape index (κ1) is 32.7. The highest BCUT2D eigenvalue weighted by Gasteiger charge is 2.19. The molecule has 0 saturated carbocycles. The van der Waals surface area contributed by atoms with Crippen molar-refractivity contribution in [3.8, 4) is 67.7 Å². The maximum atomic E-state index is 6.55. The molecule has 3 aromatic heterocycles. The van der Waals surface area contributed by atoms with Crippen LogP contribution >= 0.6 is 0 Å². The van der Waals surface area contributed by atoms with Crippen LogP contribution in [-0.2, 0) is 0 Å². The largest absolute Gasteiger partial charge is 0.454 e. The fourth-order valence-corrected chi connectivity index (χ4v) is 7.82. The number of fused-ring (bicyclic) bond motifs is 6. The highest BCUT2D eigenvalue weighted by molar-refractivity contribution is 6.22. The molecule has 5 nitrogen and oxygen atoms in total. The molecule has 0 aliphatic rings. The van der Waals surface area contributed by atoms with Gasteiger partial charge in [0.05, 0.1) is 5.52 Å². The molecule has 11 rings (SSSR count). The summed E-state index contributed by atoms with van der Waals surface area (Å²) in [6, 6.07) is 66.9. The molecule has 8 aromatic carbocycles. The third-order valence-electron chi connectivity index (χ3n) is 10.7. The third-order valence-corrected chi connectivity index (χ3v) is 10.7. The summed E-state index contributed by atoms with van der Waals surface area (Å²) in [6.45, 7) is 0. The molecule has 0 saturated heterocycles. The van der Waals surface area contributed by atoms with Crippen LogP contribution in [0.3, 0.4) is 0 Å². The van der Waals surface area contributed by atoms with Crippen LogP contribution in [0.1, 0.15) is 0 Å². The van der Waals surface area contributed by atoms with Crippen molar-refractivity contribution >= 4 is 43.6 Å². The van der Waals surface area contributed by atoms with Gasteiger partial charge in [0.15, 0.2) is 23.1 Å². The number of rotatable bonds is 6. The van der Waals surface area contributed by atoms with E-state index in [9.17, 15) is 0 Å². The minimum Gasteiger partial charge on any atom is -0.454 e. The van der Waals surface area contributed by atoms with Crippen molar-refractivity contribution in [2.45, 2.75) is 0 Å². The molecule has 0 fully saturated rings. The van der Waals surface area contributed by atoms with Crippen molar-refractivity contribution in [2.24, 2.45) is 0 Å². The van der Waals surface area contributed by atoms with E-state index in [0.717, 1.165) is 88.4 Å². The number of furan rings is 1. The van der Waals surface area contributed by atoms with Gasteiger partial charge in [0.2, 0.25) is 0 Å². The lowest BCUT2D eigenvalue weighted by Gasteiger charge is -2.11. The van der Waals surface area contributed by atoms with Crippen LogP contribution in [0.25, 0.3) is 111 Å². The standard InChI is InChI=1S/C52H32N4O/c1-3-12-33(13-4-1)39-18-11-19-42(30-39)52-55-50(37-14-5-2-6-15-37)54-51(56-52)38-28-24-35(25-29-38)34-22-26-36(27-23-34)48-49-47(43-20-9-10-21-46(43)57-49)44-31-40-16-7-8-17-41(40)32-45(44)53-48/h1-32H. The smallest absolute Gasteiger partial charge is 0.164 e. The summed E-state index contributed by atoms with van der Waals surface area (Å²) in [5, 5.41) is 5.63. The Morgan fingerprint density at radius 3 is 1.51 bits per heavy atom. The van der Waals surface area contributed by atoms with Gasteiger partial charge in [-0.1, -0.05) is 170 Å². The van der Waals surface area contributed by atoms with Gasteiger partial charge in [-0.3, -0.25) is 0 Å². The van der Waals surface area contributed by atoms with Gasteiger partial charge in [-0.2, -0.15) is 0 Å². The van der Waals surface area contributed by atoms with Gasteiger partial charge in [0.25, 0.3) is 0 Å². The van der Waals surface area contributed by atoms with E-state index in [4.69, 9.17) is 24.4 Å². The maximum absolute atomic E-state index is 6.55. The van der Waals surface area contributed by atoms with Gasteiger partial charge in [-0.25, -0.2) is 19.9 Å². The number of pyridine rings is 1. The number of para-hydroxylation sites is 1. The molecule has 0 bridgehead atoms. The number of aromatic nitrogens is 4. The van der Waals surface area contributed by atoms with E-state index in [1.165, 1.54) is 5.39 Å². The van der Waals surface area contributed by atoms with Crippen LogP contribution in [0.5, 0.6) is 0 Å². The van der Waals surface area contributed by atoms with Crippen molar-refractivity contribution in [1.82, 2.24) is 19.9 Å². The fourth-order valence-electron chi connectivity index (χ4n) is 7.82. The van der Waals surface area contributed by atoms with Crippen LogP contribution in [0.2, 0.25) is 0 Å². The molecule has 5 heteroatoms. The van der Waals surface area contributed by atoms with E-state index < -0.39 is 0 Å². The molecule has 0 atom stereocenters. The van der Waals surface area contributed by atoms with Crippen molar-refractivity contribution in [2.75, 3.05) is 0 Å². The van der Waals surface area contributed by atoms with E-state index in [2.05, 4.69) is 146 Å². The topological polar surface area (TPSA) is 64.7 Å². The van der Waals surface area contributed by atoms with Gasteiger partial charge in [0.1, 0.15) is 11.3 Å². The Hall–Kier alpha value is -7.76. The van der Waals surface area contributed by atoms with Gasteiger partial charge in [-0.05, 0) is 57.3 Å². The summed E-state index contributed by atoms with van der Waals surface area (Å²) in [6.07, 6.45) is 0. The molecule has 0 N–H and O–H groups in total. The Balaban J connectivity index is 0.958. The number of hydrogen-bond donors (Lipinski definition) is 0. The Kier molecular flexibility index (Phi) is 7.74. The lowest BCUT2D eigenvalue weighted by atomic mass is 9.98. The van der Waals surface area contributed by atoms with E-state index in [1.54, 1.807) is 0 Å². The monoisotopic (exact) mass is 728 g/mol. The van der Waals surface area contributed by atoms with E-state index in [1.807, 2.05) is 48.5 Å². The molecule has 3 heterocycles. The predicted molar refractivity (Wildman–Crippen MR) is 233 cm³/mol. The van der Waals surface area contributed by atoms with Gasteiger partial charge < -0.3 is 4.42 Å². The normalized spacial score (nSPS) is 11.5. The maximum Gasteiger partial charge on any atom is 0.164 e. The average molecular weight is 729 g/mol. The van der Waals surface area contributed by atoms with Crippen molar-refractivity contribution in [3.05, 3.63) is 194 Å². The van der Waals surface area contributed by atoms with E-state index >= 15 is 0 Å². The minimum atomic E-state index is 0.621. The van der Waals surface area contributed by atoms with Crippen LogP contribution < -0.4 is 0 Å². The van der Waals surface area contributed by atoms with Crippen molar-refractivity contribution < 1.29 is 4.42 Å².